The van der Waals surface area contributed by atoms with Crippen molar-refractivity contribution in [1.82, 2.24) is 9.55 Å². The predicted molar refractivity (Wildman–Crippen MR) is 88.9 cm³/mol. The fourth-order valence-electron chi connectivity index (χ4n) is 1.94. The van der Waals surface area contributed by atoms with Crippen LogP contribution in [0.25, 0.3) is 10.4 Å². The second-order valence-corrected chi connectivity index (χ2v) is 5.84. The van der Waals surface area contributed by atoms with Gasteiger partial charge in [-0.1, -0.05) is 41.2 Å². The van der Waals surface area contributed by atoms with Crippen LogP contribution in [0.15, 0.2) is 53.9 Å². The number of rotatable bonds is 4. The van der Waals surface area contributed by atoms with E-state index >= 15 is 0 Å². The summed E-state index contributed by atoms with van der Waals surface area (Å²) in [5, 5.41) is 5.01. The molecule has 0 radical (unpaired) electrons. The van der Waals surface area contributed by atoms with E-state index in [1.807, 2.05) is 36.1 Å². The van der Waals surface area contributed by atoms with E-state index in [9.17, 15) is 0 Å². The SMILES string of the molecule is Cc1ccc(-c2cnc(N/N=C/c3cccn3C)s2)cc1. The number of anilines is 1. The van der Waals surface area contributed by atoms with Gasteiger partial charge in [0.05, 0.1) is 16.8 Å². The van der Waals surface area contributed by atoms with Crippen LogP contribution < -0.4 is 5.43 Å². The fourth-order valence-corrected chi connectivity index (χ4v) is 2.71. The number of nitrogens with zero attached hydrogens (tertiary/aromatic N) is 3. The molecule has 0 amide bonds. The van der Waals surface area contributed by atoms with Gasteiger partial charge in [-0.3, -0.25) is 5.43 Å². The van der Waals surface area contributed by atoms with Crippen molar-refractivity contribution >= 4 is 22.7 Å². The van der Waals surface area contributed by atoms with E-state index in [1.54, 1.807) is 17.6 Å². The highest BCUT2D eigenvalue weighted by atomic mass is 32.1. The van der Waals surface area contributed by atoms with Crippen molar-refractivity contribution < 1.29 is 0 Å². The van der Waals surface area contributed by atoms with E-state index in [-0.39, 0.29) is 0 Å². The van der Waals surface area contributed by atoms with Gasteiger partial charge >= 0.3 is 0 Å². The third kappa shape index (κ3) is 3.20. The van der Waals surface area contributed by atoms with Crippen molar-refractivity contribution in [2.75, 3.05) is 5.43 Å². The molecule has 1 aromatic carbocycles. The number of nitrogens with one attached hydrogen (secondary N) is 1. The number of hydrazone groups is 1. The molecule has 0 bridgehead atoms. The quantitative estimate of drug-likeness (QED) is 0.586. The molecule has 21 heavy (non-hydrogen) atoms. The van der Waals surface area contributed by atoms with Crippen LogP contribution in [-0.2, 0) is 7.05 Å². The number of aromatic nitrogens is 2. The topological polar surface area (TPSA) is 42.2 Å². The summed E-state index contributed by atoms with van der Waals surface area (Å²) in [6.45, 7) is 2.09. The van der Waals surface area contributed by atoms with Crippen LogP contribution >= 0.6 is 11.3 Å². The lowest BCUT2D eigenvalue weighted by atomic mass is 10.1. The number of benzene rings is 1. The smallest absolute Gasteiger partial charge is 0.203 e. The Bertz CT molecular complexity index is 753. The van der Waals surface area contributed by atoms with Gasteiger partial charge in [0, 0.05) is 19.4 Å². The molecule has 3 rings (SSSR count). The highest BCUT2D eigenvalue weighted by Gasteiger charge is 2.03. The first-order valence-corrected chi connectivity index (χ1v) is 7.47. The number of thiazole rings is 1. The van der Waals surface area contributed by atoms with Crippen LogP contribution in [0.4, 0.5) is 5.13 Å². The molecule has 0 aliphatic heterocycles. The van der Waals surface area contributed by atoms with E-state index in [2.05, 4.69) is 46.7 Å². The second kappa shape index (κ2) is 5.93. The molecule has 1 N–H and O–H groups in total. The monoisotopic (exact) mass is 296 g/mol. The van der Waals surface area contributed by atoms with Gasteiger partial charge in [-0.2, -0.15) is 5.10 Å². The van der Waals surface area contributed by atoms with Crippen molar-refractivity contribution in [3.63, 3.8) is 0 Å². The Labute approximate surface area is 127 Å². The van der Waals surface area contributed by atoms with Gasteiger partial charge in [0.25, 0.3) is 0 Å². The first kappa shape index (κ1) is 13.6. The summed E-state index contributed by atoms with van der Waals surface area (Å²) < 4.78 is 2.00. The first-order valence-electron chi connectivity index (χ1n) is 6.65. The molecule has 0 aliphatic carbocycles. The van der Waals surface area contributed by atoms with Crippen molar-refractivity contribution in [2.45, 2.75) is 6.92 Å². The molecule has 0 unspecified atom stereocenters. The molecule has 5 heteroatoms. The van der Waals surface area contributed by atoms with Crippen molar-refractivity contribution in [3.05, 3.63) is 60.0 Å². The molecule has 0 aliphatic rings. The molecule has 3 aromatic rings. The molecule has 0 saturated heterocycles. The Hall–Kier alpha value is -2.40. The molecule has 0 atom stereocenters. The maximum atomic E-state index is 4.34. The standard InChI is InChI=1S/C16H16N4S/c1-12-5-7-13(8-6-12)15-11-17-16(21-15)19-18-10-14-4-3-9-20(14)2/h3-11H,1-2H3,(H,17,19)/b18-10+. The van der Waals surface area contributed by atoms with Crippen molar-refractivity contribution in [1.29, 1.82) is 0 Å². The summed E-state index contributed by atoms with van der Waals surface area (Å²) in [5.41, 5.74) is 6.45. The average Bonchev–Trinajstić information content (AvgIpc) is 3.10. The minimum Gasteiger partial charge on any atom is -0.350 e. The lowest BCUT2D eigenvalue weighted by Gasteiger charge is -1.97. The van der Waals surface area contributed by atoms with Gasteiger partial charge < -0.3 is 4.57 Å². The predicted octanol–water partition coefficient (Wildman–Crippen LogP) is 3.90. The van der Waals surface area contributed by atoms with Gasteiger partial charge in [-0.25, -0.2) is 4.98 Å². The Morgan fingerprint density at radius 3 is 2.76 bits per heavy atom. The molecule has 4 nitrogen and oxygen atoms in total. The largest absolute Gasteiger partial charge is 0.350 e. The molecule has 106 valence electrons. The van der Waals surface area contributed by atoms with E-state index in [0.29, 0.717) is 0 Å². The van der Waals surface area contributed by atoms with Gasteiger partial charge in [0.1, 0.15) is 0 Å². The van der Waals surface area contributed by atoms with Crippen molar-refractivity contribution in [2.24, 2.45) is 12.1 Å². The summed E-state index contributed by atoms with van der Waals surface area (Å²) in [6.07, 6.45) is 5.64. The van der Waals surface area contributed by atoms with Crippen LogP contribution in [0, 0.1) is 6.92 Å². The third-order valence-corrected chi connectivity index (χ3v) is 4.13. The zero-order valence-electron chi connectivity index (χ0n) is 11.9. The van der Waals surface area contributed by atoms with E-state index < -0.39 is 0 Å². The molecule has 0 saturated carbocycles. The maximum absolute atomic E-state index is 4.34. The minimum atomic E-state index is 0.788. The van der Waals surface area contributed by atoms with Crippen molar-refractivity contribution in [3.8, 4) is 10.4 Å². The van der Waals surface area contributed by atoms with E-state index in [4.69, 9.17) is 0 Å². The zero-order chi connectivity index (χ0) is 14.7. The second-order valence-electron chi connectivity index (χ2n) is 4.81. The van der Waals surface area contributed by atoms with Gasteiger partial charge in [-0.05, 0) is 24.6 Å². The number of aryl methyl sites for hydroxylation is 2. The Morgan fingerprint density at radius 1 is 1.24 bits per heavy atom. The summed E-state index contributed by atoms with van der Waals surface area (Å²) >= 11 is 1.59. The van der Waals surface area contributed by atoms with E-state index in [0.717, 1.165) is 15.7 Å². The van der Waals surface area contributed by atoms with Crippen LogP contribution in [0.5, 0.6) is 0 Å². The van der Waals surface area contributed by atoms with Gasteiger partial charge in [0.15, 0.2) is 0 Å². The fraction of sp³-hybridized carbons (Fsp3) is 0.125. The number of hydrogen-bond acceptors (Lipinski definition) is 4. The molecule has 0 fully saturated rings. The lowest BCUT2D eigenvalue weighted by Crippen LogP contribution is -1.95. The molecule has 2 aromatic heterocycles. The maximum Gasteiger partial charge on any atom is 0.203 e. The lowest BCUT2D eigenvalue weighted by molar-refractivity contribution is 0.918. The van der Waals surface area contributed by atoms with Crippen LogP contribution in [0.2, 0.25) is 0 Å². The highest BCUT2D eigenvalue weighted by molar-refractivity contribution is 7.18. The first-order chi connectivity index (χ1) is 10.2. The summed E-state index contributed by atoms with van der Waals surface area (Å²) in [4.78, 5) is 5.47. The van der Waals surface area contributed by atoms with Crippen LogP contribution in [-0.4, -0.2) is 15.8 Å². The molecular formula is C16H16N4S. The molecule has 0 spiro atoms. The van der Waals surface area contributed by atoms with E-state index in [1.165, 1.54) is 11.1 Å². The average molecular weight is 296 g/mol. The zero-order valence-corrected chi connectivity index (χ0v) is 12.8. The summed E-state index contributed by atoms with van der Waals surface area (Å²) in [5.74, 6) is 0. The van der Waals surface area contributed by atoms with Crippen LogP contribution in [0.1, 0.15) is 11.3 Å². The van der Waals surface area contributed by atoms with Gasteiger partial charge in [-0.15, -0.1) is 0 Å². The Kier molecular flexibility index (Phi) is 3.83. The Morgan fingerprint density at radius 2 is 2.05 bits per heavy atom. The summed E-state index contributed by atoms with van der Waals surface area (Å²) in [7, 11) is 1.99. The molecular weight excluding hydrogens is 280 g/mol. The van der Waals surface area contributed by atoms with Gasteiger partial charge in [0.2, 0.25) is 5.13 Å². The summed E-state index contributed by atoms with van der Waals surface area (Å²) in [6, 6.07) is 12.4. The highest BCUT2D eigenvalue weighted by Crippen LogP contribution is 2.28. The minimum absolute atomic E-state index is 0.788. The normalized spacial score (nSPS) is 11.1. The molecule has 2 heterocycles. The Balaban J connectivity index is 1.69. The third-order valence-electron chi connectivity index (χ3n) is 3.18. The number of hydrogen-bond donors (Lipinski definition) is 1. The van der Waals surface area contributed by atoms with Crippen LogP contribution in [0.3, 0.4) is 0 Å².